The first-order valence-corrected chi connectivity index (χ1v) is 19.1. The maximum Gasteiger partial charge on any atom is 0.306 e. The van der Waals surface area contributed by atoms with E-state index in [1.807, 2.05) is 39.6 Å². The highest BCUT2D eigenvalue weighted by molar-refractivity contribution is 7.09. The van der Waals surface area contributed by atoms with Crippen molar-refractivity contribution in [2.45, 2.75) is 117 Å². The molecule has 3 rings (SSSR count). The van der Waals surface area contributed by atoms with E-state index in [4.69, 9.17) is 4.74 Å². The Morgan fingerprint density at radius 1 is 1.08 bits per heavy atom. The third kappa shape index (κ3) is 12.1. The standard InChI is InChI=1S/C38H56FN5O7S/c1-9-23(4)33(42-35(47)30-12-10-11-17-43(30)7)37(48)44(8)31(22(2)3)20-32(51-25(6)45)36-41-29(21-52-36)34(46)40-28(18-24(5)38(49)50)19-26-13-15-27(39)16-14-26/h13-16,21-24,28,30-33H,9-12,17-20H2,1-8H3,(H,40,46)(H,42,47)(H,49,50)/t23-,24?,28?,30?,31+,32?,33-/m0/s1. The third-order valence-electron chi connectivity index (χ3n) is 10.0. The van der Waals surface area contributed by atoms with Crippen LogP contribution in [0.15, 0.2) is 29.6 Å². The van der Waals surface area contributed by atoms with Gasteiger partial charge in [0, 0.05) is 37.9 Å². The first-order valence-electron chi connectivity index (χ1n) is 18.2. The van der Waals surface area contributed by atoms with Crippen LogP contribution in [-0.4, -0.2) is 94.4 Å². The van der Waals surface area contributed by atoms with Crippen LogP contribution in [-0.2, 0) is 30.3 Å². The van der Waals surface area contributed by atoms with E-state index < -0.39 is 53.8 Å². The summed E-state index contributed by atoms with van der Waals surface area (Å²) in [5, 5.41) is 17.4. The molecule has 14 heteroatoms. The van der Waals surface area contributed by atoms with Gasteiger partial charge in [0.2, 0.25) is 11.8 Å². The number of carbonyl (C=O) groups excluding carboxylic acids is 4. The molecule has 2 aromatic rings. The molecule has 0 saturated carbocycles. The van der Waals surface area contributed by atoms with Crippen LogP contribution >= 0.6 is 11.3 Å². The molecule has 4 unspecified atom stereocenters. The zero-order valence-corrected chi connectivity index (χ0v) is 32.5. The Balaban J connectivity index is 1.81. The number of hydrogen-bond acceptors (Lipinski definition) is 9. The van der Waals surface area contributed by atoms with E-state index in [1.165, 1.54) is 19.1 Å². The van der Waals surface area contributed by atoms with Crippen LogP contribution in [0.5, 0.6) is 0 Å². The van der Waals surface area contributed by atoms with Gasteiger partial charge >= 0.3 is 11.9 Å². The van der Waals surface area contributed by atoms with Gasteiger partial charge in [-0.25, -0.2) is 9.37 Å². The number of hydrogen-bond donors (Lipinski definition) is 3. The number of piperidine rings is 1. The number of rotatable bonds is 18. The van der Waals surface area contributed by atoms with E-state index in [-0.39, 0.29) is 54.6 Å². The van der Waals surface area contributed by atoms with Crippen molar-refractivity contribution < 1.29 is 38.2 Å². The zero-order valence-electron chi connectivity index (χ0n) is 31.7. The van der Waals surface area contributed by atoms with Gasteiger partial charge in [-0.3, -0.25) is 28.9 Å². The van der Waals surface area contributed by atoms with Crippen LogP contribution in [0.25, 0.3) is 0 Å². The van der Waals surface area contributed by atoms with E-state index >= 15 is 0 Å². The SMILES string of the molecule is CC[C@H](C)[C@H](NC(=O)C1CCCCN1C)C(=O)N(C)[C@H](CC(OC(C)=O)c1nc(C(=O)NC(Cc2ccc(F)cc2)CC(C)C(=O)O)cs1)C(C)C. The number of aromatic nitrogens is 1. The Bertz CT molecular complexity index is 1520. The summed E-state index contributed by atoms with van der Waals surface area (Å²) in [6.45, 7) is 11.5. The number of benzene rings is 1. The molecular weight excluding hydrogens is 690 g/mol. The van der Waals surface area contributed by atoms with E-state index in [9.17, 15) is 33.5 Å². The summed E-state index contributed by atoms with van der Waals surface area (Å²) >= 11 is 1.14. The molecule has 3 amide bonds. The Hall–Kier alpha value is -3.91. The zero-order chi connectivity index (χ0) is 38.7. The molecule has 0 aliphatic carbocycles. The van der Waals surface area contributed by atoms with Crippen LogP contribution in [0.4, 0.5) is 4.39 Å². The minimum Gasteiger partial charge on any atom is -0.481 e. The average Bonchev–Trinajstić information content (AvgIpc) is 3.59. The van der Waals surface area contributed by atoms with E-state index in [1.54, 1.807) is 36.4 Å². The summed E-state index contributed by atoms with van der Waals surface area (Å²) in [5.74, 6) is -3.83. The van der Waals surface area contributed by atoms with Gasteiger partial charge in [0.25, 0.3) is 5.91 Å². The smallest absolute Gasteiger partial charge is 0.306 e. The molecule has 1 aromatic carbocycles. The molecule has 7 atom stereocenters. The maximum absolute atomic E-state index is 14.2. The minimum absolute atomic E-state index is 0.0713. The van der Waals surface area contributed by atoms with Crippen molar-refractivity contribution >= 4 is 41.0 Å². The van der Waals surface area contributed by atoms with Crippen molar-refractivity contribution in [2.24, 2.45) is 17.8 Å². The lowest BCUT2D eigenvalue weighted by Crippen LogP contribution is -2.58. The van der Waals surface area contributed by atoms with Gasteiger partial charge in [0.15, 0.2) is 6.10 Å². The molecule has 1 aromatic heterocycles. The lowest BCUT2D eigenvalue weighted by atomic mass is 9.92. The molecule has 288 valence electrons. The number of nitrogens with one attached hydrogen (secondary N) is 2. The van der Waals surface area contributed by atoms with Gasteiger partial charge in [-0.15, -0.1) is 11.3 Å². The van der Waals surface area contributed by atoms with Gasteiger partial charge in [-0.1, -0.05) is 59.6 Å². The molecular formula is C38H56FN5O7S. The second kappa shape index (κ2) is 19.8. The molecule has 0 bridgehead atoms. The number of carboxylic acid groups (broad SMARTS) is 1. The summed E-state index contributed by atoms with van der Waals surface area (Å²) in [5.41, 5.74) is 0.801. The monoisotopic (exact) mass is 745 g/mol. The number of carboxylic acids is 1. The highest BCUT2D eigenvalue weighted by atomic mass is 32.1. The number of ether oxygens (including phenoxy) is 1. The van der Waals surface area contributed by atoms with E-state index in [0.717, 1.165) is 42.7 Å². The molecule has 12 nitrogen and oxygen atoms in total. The van der Waals surface area contributed by atoms with Crippen molar-refractivity contribution in [2.75, 3.05) is 20.6 Å². The fourth-order valence-electron chi connectivity index (χ4n) is 6.64. The largest absolute Gasteiger partial charge is 0.481 e. The lowest BCUT2D eigenvalue weighted by Gasteiger charge is -2.38. The van der Waals surface area contributed by atoms with Crippen molar-refractivity contribution in [3.05, 3.63) is 51.7 Å². The van der Waals surface area contributed by atoms with Crippen LogP contribution in [0.1, 0.15) is 107 Å². The van der Waals surface area contributed by atoms with Gasteiger partial charge in [-0.05, 0) is 68.8 Å². The molecule has 0 radical (unpaired) electrons. The summed E-state index contributed by atoms with van der Waals surface area (Å²) in [4.78, 5) is 73.2. The summed E-state index contributed by atoms with van der Waals surface area (Å²) in [7, 11) is 3.63. The minimum atomic E-state index is -1.00. The van der Waals surface area contributed by atoms with Crippen molar-refractivity contribution in [3.63, 3.8) is 0 Å². The number of halogens is 1. The number of aliphatic carboxylic acids is 1. The number of likely N-dealkylation sites (N-methyl/N-ethyl adjacent to an activating group) is 2. The van der Waals surface area contributed by atoms with Gasteiger partial charge in [0.1, 0.15) is 22.6 Å². The molecule has 1 saturated heterocycles. The summed E-state index contributed by atoms with van der Waals surface area (Å²) in [6.07, 6.45) is 3.15. The van der Waals surface area contributed by atoms with Crippen molar-refractivity contribution in [1.82, 2.24) is 25.4 Å². The quantitative estimate of drug-likeness (QED) is 0.174. The Kier molecular flexibility index (Phi) is 16.2. The van der Waals surface area contributed by atoms with Crippen LogP contribution in [0, 0.1) is 23.6 Å². The molecule has 0 spiro atoms. The molecule has 3 N–H and O–H groups in total. The Morgan fingerprint density at radius 3 is 2.33 bits per heavy atom. The Labute approximate surface area is 310 Å². The molecule has 2 heterocycles. The highest BCUT2D eigenvalue weighted by Gasteiger charge is 2.37. The first-order chi connectivity index (χ1) is 24.5. The second-order valence-corrected chi connectivity index (χ2v) is 15.4. The van der Waals surface area contributed by atoms with Crippen LogP contribution < -0.4 is 10.6 Å². The summed E-state index contributed by atoms with van der Waals surface area (Å²) < 4.78 is 19.2. The fraction of sp³-hybridized carbons (Fsp3) is 0.632. The van der Waals surface area contributed by atoms with E-state index in [0.29, 0.717) is 11.4 Å². The van der Waals surface area contributed by atoms with Crippen molar-refractivity contribution in [3.8, 4) is 0 Å². The van der Waals surface area contributed by atoms with Gasteiger partial charge < -0.3 is 25.4 Å². The molecule has 1 aliphatic heterocycles. The van der Waals surface area contributed by atoms with Crippen LogP contribution in [0.3, 0.4) is 0 Å². The topological polar surface area (TPSA) is 158 Å². The van der Waals surface area contributed by atoms with Gasteiger partial charge in [-0.2, -0.15) is 0 Å². The normalized spacial score (nSPS) is 18.4. The average molecular weight is 746 g/mol. The third-order valence-corrected chi connectivity index (χ3v) is 11.0. The number of amides is 3. The first kappa shape index (κ1) is 42.5. The number of likely N-dealkylation sites (tertiary alicyclic amines) is 1. The fourth-order valence-corrected chi connectivity index (χ4v) is 7.48. The lowest BCUT2D eigenvalue weighted by molar-refractivity contribution is -0.149. The maximum atomic E-state index is 14.2. The van der Waals surface area contributed by atoms with Gasteiger partial charge in [0.05, 0.1) is 12.0 Å². The molecule has 1 aliphatic rings. The predicted octanol–water partition coefficient (Wildman–Crippen LogP) is 5.23. The predicted molar refractivity (Wildman–Crippen MR) is 197 cm³/mol. The summed E-state index contributed by atoms with van der Waals surface area (Å²) in [6, 6.07) is 3.76. The number of carbonyl (C=O) groups is 5. The van der Waals surface area contributed by atoms with Crippen LogP contribution in [0.2, 0.25) is 0 Å². The number of thiazole rings is 1. The number of esters is 1. The highest BCUT2D eigenvalue weighted by Crippen LogP contribution is 2.31. The molecule has 1 fully saturated rings. The second-order valence-electron chi connectivity index (χ2n) is 14.5. The van der Waals surface area contributed by atoms with Crippen molar-refractivity contribution in [1.29, 1.82) is 0 Å². The Morgan fingerprint density at radius 2 is 1.75 bits per heavy atom. The van der Waals surface area contributed by atoms with E-state index in [2.05, 4.69) is 15.6 Å². The number of nitrogens with zero attached hydrogens (tertiary/aromatic N) is 3. The molecule has 52 heavy (non-hydrogen) atoms.